The van der Waals surface area contributed by atoms with E-state index in [4.69, 9.17) is 5.11 Å². The molecule has 0 aromatic rings. The molecule has 0 aromatic carbocycles. The first-order valence-electron chi connectivity index (χ1n) is 4.42. The Kier molecular flexibility index (Phi) is 4.01. The summed E-state index contributed by atoms with van der Waals surface area (Å²) in [6.45, 7) is 12.7. The van der Waals surface area contributed by atoms with E-state index in [-0.39, 0.29) is 0 Å². The lowest BCUT2D eigenvalue weighted by molar-refractivity contribution is 0.294. The van der Waals surface area contributed by atoms with E-state index in [1.54, 1.807) is 0 Å². The minimum atomic E-state index is -0.947. The van der Waals surface area contributed by atoms with Crippen LogP contribution in [0.2, 0.25) is 38.8 Å². The Morgan fingerprint density at radius 3 is 1.73 bits per heavy atom. The summed E-state index contributed by atoms with van der Waals surface area (Å²) in [5.41, 5.74) is 0. The Bertz CT molecular complexity index is 116. The standard InChI is InChI=1S/C8H22OSi2/c1-10(2,3)11(4,5)8-6-7-9/h9H,6-8H2,1-5H3. The van der Waals surface area contributed by atoms with Crippen LogP contribution in [0.4, 0.5) is 0 Å². The predicted molar refractivity (Wildman–Crippen MR) is 57.3 cm³/mol. The van der Waals surface area contributed by atoms with E-state index in [1.165, 1.54) is 6.04 Å². The van der Waals surface area contributed by atoms with Gasteiger partial charge in [0, 0.05) is 21.8 Å². The summed E-state index contributed by atoms with van der Waals surface area (Å²) < 4.78 is 0. The van der Waals surface area contributed by atoms with Gasteiger partial charge in [0.2, 0.25) is 0 Å². The van der Waals surface area contributed by atoms with Crippen molar-refractivity contribution in [3.8, 4) is 0 Å². The van der Waals surface area contributed by atoms with Crippen molar-refractivity contribution in [3.05, 3.63) is 0 Å². The summed E-state index contributed by atoms with van der Waals surface area (Å²) in [5, 5.41) is 8.73. The smallest absolute Gasteiger partial charge is 0.0428 e. The SMILES string of the molecule is C[Si](C)(C)[Si](C)(C)CCCO. The average Bonchev–Trinajstić information content (AvgIpc) is 1.81. The first-order chi connectivity index (χ1) is 4.81. The molecule has 0 unspecified atom stereocenters. The molecule has 0 aliphatic carbocycles. The largest absolute Gasteiger partial charge is 0.396 e. The molecule has 0 saturated carbocycles. The summed E-state index contributed by atoms with van der Waals surface area (Å²) in [6, 6.07) is 1.30. The molecule has 1 N–H and O–H groups in total. The van der Waals surface area contributed by atoms with Gasteiger partial charge in [-0.1, -0.05) is 38.8 Å². The Labute approximate surface area is 72.6 Å². The van der Waals surface area contributed by atoms with E-state index in [0.717, 1.165) is 6.42 Å². The second-order valence-electron chi connectivity index (χ2n) is 4.96. The first-order valence-corrected chi connectivity index (χ1v) is 12.1. The highest BCUT2D eigenvalue weighted by Crippen LogP contribution is 2.23. The fraction of sp³-hybridized carbons (Fsp3) is 1.00. The zero-order chi connectivity index (χ0) is 9.12. The van der Waals surface area contributed by atoms with Crippen molar-refractivity contribution in [3.63, 3.8) is 0 Å². The minimum Gasteiger partial charge on any atom is -0.396 e. The molecule has 3 heteroatoms. The number of hydrogen-bond donors (Lipinski definition) is 1. The van der Waals surface area contributed by atoms with Crippen LogP contribution in [0, 0.1) is 0 Å². The highest BCUT2D eigenvalue weighted by atomic mass is 29.3. The van der Waals surface area contributed by atoms with Gasteiger partial charge in [0.25, 0.3) is 0 Å². The first kappa shape index (κ1) is 11.4. The summed E-state index contributed by atoms with van der Waals surface area (Å²) in [7, 11) is -1.84. The molecule has 0 saturated heterocycles. The summed E-state index contributed by atoms with van der Waals surface area (Å²) in [4.78, 5) is 0. The van der Waals surface area contributed by atoms with Gasteiger partial charge >= 0.3 is 0 Å². The maximum absolute atomic E-state index is 8.73. The normalized spacial score (nSPS) is 13.6. The molecule has 1 nitrogen and oxygen atoms in total. The van der Waals surface area contributed by atoms with Gasteiger partial charge in [0.15, 0.2) is 0 Å². The Hall–Kier alpha value is 0.394. The van der Waals surface area contributed by atoms with Crippen molar-refractivity contribution in [2.75, 3.05) is 6.61 Å². The zero-order valence-electron chi connectivity index (χ0n) is 8.57. The number of rotatable bonds is 4. The maximum atomic E-state index is 8.73. The molecular weight excluding hydrogens is 168 g/mol. The van der Waals surface area contributed by atoms with E-state index >= 15 is 0 Å². The van der Waals surface area contributed by atoms with Gasteiger partial charge in [-0.05, 0) is 6.42 Å². The van der Waals surface area contributed by atoms with Crippen LogP contribution in [-0.4, -0.2) is 26.9 Å². The summed E-state index contributed by atoms with van der Waals surface area (Å²) >= 11 is 0. The number of hydrogen-bond acceptors (Lipinski definition) is 1. The molecule has 0 aliphatic heterocycles. The van der Waals surface area contributed by atoms with Gasteiger partial charge in [-0.3, -0.25) is 0 Å². The van der Waals surface area contributed by atoms with Crippen molar-refractivity contribution in [2.24, 2.45) is 0 Å². The van der Waals surface area contributed by atoms with Crippen LogP contribution in [0.1, 0.15) is 6.42 Å². The Morgan fingerprint density at radius 1 is 1.00 bits per heavy atom. The van der Waals surface area contributed by atoms with Crippen molar-refractivity contribution in [2.45, 2.75) is 45.2 Å². The molecule has 0 atom stereocenters. The van der Waals surface area contributed by atoms with Gasteiger partial charge in [-0.2, -0.15) is 0 Å². The molecule has 0 fully saturated rings. The Morgan fingerprint density at radius 2 is 1.45 bits per heavy atom. The van der Waals surface area contributed by atoms with Gasteiger partial charge in [0.05, 0.1) is 0 Å². The van der Waals surface area contributed by atoms with Gasteiger partial charge in [0.1, 0.15) is 0 Å². The highest BCUT2D eigenvalue weighted by Gasteiger charge is 2.35. The van der Waals surface area contributed by atoms with Crippen molar-refractivity contribution >= 4 is 15.2 Å². The van der Waals surface area contributed by atoms with E-state index in [2.05, 4.69) is 32.7 Å². The number of aliphatic hydroxyl groups is 1. The van der Waals surface area contributed by atoms with Crippen molar-refractivity contribution < 1.29 is 5.11 Å². The van der Waals surface area contributed by atoms with Crippen molar-refractivity contribution in [1.29, 1.82) is 0 Å². The second-order valence-corrected chi connectivity index (χ2v) is 22.3. The van der Waals surface area contributed by atoms with E-state index in [1.807, 2.05) is 0 Å². The fourth-order valence-electron chi connectivity index (χ4n) is 0.896. The van der Waals surface area contributed by atoms with Crippen LogP contribution in [0.5, 0.6) is 0 Å². The Balaban J connectivity index is 4.00. The molecular formula is C8H22OSi2. The minimum absolute atomic E-state index is 0.376. The topological polar surface area (TPSA) is 20.2 Å². The van der Waals surface area contributed by atoms with Gasteiger partial charge < -0.3 is 5.11 Å². The lowest BCUT2D eigenvalue weighted by Gasteiger charge is -2.35. The lowest BCUT2D eigenvalue weighted by atomic mass is 10.5. The third-order valence-electron chi connectivity index (χ3n) is 2.99. The summed E-state index contributed by atoms with van der Waals surface area (Å²) in [5.74, 6) is 0. The molecule has 0 heterocycles. The molecule has 0 spiro atoms. The van der Waals surface area contributed by atoms with Crippen LogP contribution in [0.25, 0.3) is 0 Å². The molecule has 68 valence electrons. The predicted octanol–water partition coefficient (Wildman–Crippen LogP) is 2.49. The molecule has 0 radical (unpaired) electrons. The molecule has 11 heavy (non-hydrogen) atoms. The van der Waals surface area contributed by atoms with Crippen molar-refractivity contribution in [1.82, 2.24) is 0 Å². The van der Waals surface area contributed by atoms with Crippen LogP contribution < -0.4 is 0 Å². The van der Waals surface area contributed by atoms with Gasteiger partial charge in [-0.15, -0.1) is 0 Å². The highest BCUT2D eigenvalue weighted by molar-refractivity contribution is 7.40. The van der Waals surface area contributed by atoms with Crippen LogP contribution in [0.3, 0.4) is 0 Å². The van der Waals surface area contributed by atoms with Crippen LogP contribution >= 0.6 is 0 Å². The van der Waals surface area contributed by atoms with Crippen LogP contribution in [0.15, 0.2) is 0 Å². The quantitative estimate of drug-likeness (QED) is 0.675. The molecule has 0 rings (SSSR count). The summed E-state index contributed by atoms with van der Waals surface area (Å²) in [6.07, 6.45) is 1.02. The third-order valence-corrected chi connectivity index (χ3v) is 21.6. The fourth-order valence-corrected chi connectivity index (χ4v) is 5.47. The third kappa shape index (κ3) is 3.53. The molecule has 0 aliphatic rings. The van der Waals surface area contributed by atoms with E-state index in [0.29, 0.717) is 6.61 Å². The molecule has 0 aromatic heterocycles. The lowest BCUT2D eigenvalue weighted by Crippen LogP contribution is -2.52. The molecule has 0 bridgehead atoms. The second kappa shape index (κ2) is 3.87. The van der Waals surface area contributed by atoms with E-state index in [9.17, 15) is 0 Å². The van der Waals surface area contributed by atoms with Crippen LogP contribution in [-0.2, 0) is 0 Å². The van der Waals surface area contributed by atoms with Gasteiger partial charge in [-0.25, -0.2) is 0 Å². The zero-order valence-corrected chi connectivity index (χ0v) is 10.6. The monoisotopic (exact) mass is 190 g/mol. The molecule has 0 amide bonds. The average molecular weight is 190 g/mol. The maximum Gasteiger partial charge on any atom is 0.0428 e. The number of aliphatic hydroxyl groups excluding tert-OH is 1. The van der Waals surface area contributed by atoms with E-state index < -0.39 is 15.2 Å².